The molecule has 1 atom stereocenters. The van der Waals surface area contributed by atoms with Gasteiger partial charge in [0.15, 0.2) is 0 Å². The Kier molecular flexibility index (Phi) is 5.51. The number of rotatable bonds is 5. The van der Waals surface area contributed by atoms with E-state index in [1.165, 1.54) is 0 Å². The van der Waals surface area contributed by atoms with Gasteiger partial charge in [0.25, 0.3) is 0 Å². The highest BCUT2D eigenvalue weighted by Crippen LogP contribution is 2.14. The van der Waals surface area contributed by atoms with Crippen molar-refractivity contribution in [3.63, 3.8) is 0 Å². The van der Waals surface area contributed by atoms with Gasteiger partial charge in [-0.15, -0.1) is 6.58 Å². The Morgan fingerprint density at radius 2 is 2.00 bits per heavy atom. The second-order valence-electron chi connectivity index (χ2n) is 6.57. The van der Waals surface area contributed by atoms with Gasteiger partial charge in [-0.05, 0) is 24.6 Å². The van der Waals surface area contributed by atoms with E-state index < -0.39 is 0 Å². The lowest BCUT2D eigenvalue weighted by atomic mass is 10.1. The first-order valence-electron chi connectivity index (χ1n) is 8.85. The average Bonchev–Trinajstić information content (AvgIpc) is 3.11. The molecule has 0 radical (unpaired) electrons. The normalized spacial score (nSPS) is 17.2. The highest BCUT2D eigenvalue weighted by Gasteiger charge is 2.29. The summed E-state index contributed by atoms with van der Waals surface area (Å²) < 4.78 is 1.78. The van der Waals surface area contributed by atoms with Gasteiger partial charge in [0.1, 0.15) is 0 Å². The molecular weight excluding hydrogens is 328 g/mol. The van der Waals surface area contributed by atoms with Gasteiger partial charge in [0, 0.05) is 38.3 Å². The van der Waals surface area contributed by atoms with E-state index in [0.29, 0.717) is 32.5 Å². The quantitative estimate of drug-likeness (QED) is 0.774. The van der Waals surface area contributed by atoms with Crippen LogP contribution in [0.2, 0.25) is 0 Å². The smallest absolute Gasteiger partial charge is 0.227 e. The van der Waals surface area contributed by atoms with Crippen molar-refractivity contribution in [2.24, 2.45) is 0 Å². The topological polar surface area (TPSA) is 58.4 Å². The third-order valence-electron chi connectivity index (χ3n) is 4.63. The van der Waals surface area contributed by atoms with Crippen molar-refractivity contribution in [2.45, 2.75) is 25.8 Å². The van der Waals surface area contributed by atoms with Gasteiger partial charge in [0.05, 0.1) is 18.3 Å². The third-order valence-corrected chi connectivity index (χ3v) is 4.63. The van der Waals surface area contributed by atoms with Crippen LogP contribution in [0.4, 0.5) is 0 Å². The molecule has 2 amide bonds. The fourth-order valence-electron chi connectivity index (χ4n) is 3.26. The minimum atomic E-state index is 0.00850. The van der Waals surface area contributed by atoms with Gasteiger partial charge >= 0.3 is 0 Å². The molecule has 6 heteroatoms. The minimum absolute atomic E-state index is 0.00850. The molecular formula is C20H24N4O2. The van der Waals surface area contributed by atoms with Gasteiger partial charge in [-0.1, -0.05) is 24.3 Å². The van der Waals surface area contributed by atoms with E-state index in [9.17, 15) is 9.59 Å². The van der Waals surface area contributed by atoms with Crippen molar-refractivity contribution in [3.8, 4) is 5.69 Å². The summed E-state index contributed by atoms with van der Waals surface area (Å²) in [7, 11) is 0. The fourth-order valence-corrected chi connectivity index (χ4v) is 3.26. The van der Waals surface area contributed by atoms with Crippen LogP contribution in [-0.4, -0.2) is 57.1 Å². The molecule has 2 heterocycles. The first kappa shape index (κ1) is 17.9. The summed E-state index contributed by atoms with van der Waals surface area (Å²) in [5, 5.41) is 4.34. The molecule has 0 bridgehead atoms. The van der Waals surface area contributed by atoms with E-state index in [2.05, 4.69) is 11.7 Å². The van der Waals surface area contributed by atoms with Gasteiger partial charge in [0.2, 0.25) is 11.8 Å². The van der Waals surface area contributed by atoms with E-state index >= 15 is 0 Å². The molecule has 0 unspecified atom stereocenters. The van der Waals surface area contributed by atoms with Crippen molar-refractivity contribution in [2.75, 3.05) is 19.6 Å². The molecule has 1 aliphatic rings. The molecule has 6 nitrogen and oxygen atoms in total. The van der Waals surface area contributed by atoms with Crippen molar-refractivity contribution < 1.29 is 9.59 Å². The first-order valence-corrected chi connectivity index (χ1v) is 8.85. The second kappa shape index (κ2) is 7.99. The Labute approximate surface area is 153 Å². The second-order valence-corrected chi connectivity index (χ2v) is 6.57. The van der Waals surface area contributed by atoms with Crippen molar-refractivity contribution in [1.82, 2.24) is 19.6 Å². The fraction of sp³-hybridized carbons (Fsp3) is 0.350. The lowest BCUT2D eigenvalue weighted by molar-refractivity contribution is -0.141. The molecule has 0 saturated carbocycles. The molecule has 0 spiro atoms. The molecule has 1 aliphatic heterocycles. The highest BCUT2D eigenvalue weighted by molar-refractivity contribution is 5.80. The Balaban J connectivity index is 1.60. The van der Waals surface area contributed by atoms with Gasteiger partial charge in [-0.3, -0.25) is 9.59 Å². The molecule has 136 valence electrons. The summed E-state index contributed by atoms with van der Waals surface area (Å²) in [6.45, 7) is 7.30. The molecule has 0 N–H and O–H groups in total. The zero-order chi connectivity index (χ0) is 18.5. The number of piperazine rings is 1. The summed E-state index contributed by atoms with van der Waals surface area (Å²) >= 11 is 0. The third kappa shape index (κ3) is 4.02. The number of nitrogens with zero attached hydrogens (tertiary/aromatic N) is 4. The average molecular weight is 352 g/mol. The maximum Gasteiger partial charge on any atom is 0.227 e. The van der Waals surface area contributed by atoms with E-state index in [1.807, 2.05) is 53.3 Å². The number of amides is 2. The van der Waals surface area contributed by atoms with Crippen molar-refractivity contribution in [1.29, 1.82) is 0 Å². The zero-order valence-corrected chi connectivity index (χ0v) is 15.0. The van der Waals surface area contributed by atoms with E-state index in [4.69, 9.17) is 0 Å². The van der Waals surface area contributed by atoms with Crippen LogP contribution in [0, 0.1) is 0 Å². The van der Waals surface area contributed by atoms with E-state index in [1.54, 1.807) is 17.0 Å². The highest BCUT2D eigenvalue weighted by atomic mass is 16.2. The summed E-state index contributed by atoms with van der Waals surface area (Å²) in [5.74, 6) is 0.143. The minimum Gasteiger partial charge on any atom is -0.339 e. The first-order chi connectivity index (χ1) is 12.6. The standard InChI is InChI=1S/C20H24N4O2/c1-3-7-19(25)22-10-11-23(16(2)14-22)20(26)12-17-13-21-24(15-17)18-8-5-4-6-9-18/h3-6,8-9,13,15-16H,1,7,10-12,14H2,2H3/t16-/m0/s1. The summed E-state index contributed by atoms with van der Waals surface area (Å²) in [6, 6.07) is 9.82. The predicted octanol–water partition coefficient (Wildman–Crippen LogP) is 2.05. The maximum absolute atomic E-state index is 12.7. The van der Waals surface area contributed by atoms with Crippen LogP contribution in [0.25, 0.3) is 5.69 Å². The Morgan fingerprint density at radius 3 is 2.69 bits per heavy atom. The van der Waals surface area contributed by atoms with Crippen molar-refractivity contribution in [3.05, 3.63) is 60.9 Å². The van der Waals surface area contributed by atoms with Gasteiger partial charge in [-0.25, -0.2) is 4.68 Å². The van der Waals surface area contributed by atoms with E-state index in [0.717, 1.165) is 11.3 Å². The Hall–Kier alpha value is -2.89. The number of carbonyl (C=O) groups excluding carboxylic acids is 2. The molecule has 1 aromatic carbocycles. The number of benzene rings is 1. The van der Waals surface area contributed by atoms with Crippen LogP contribution in [0.5, 0.6) is 0 Å². The van der Waals surface area contributed by atoms with Gasteiger partial charge < -0.3 is 9.80 Å². The maximum atomic E-state index is 12.7. The van der Waals surface area contributed by atoms with Crippen LogP contribution in [0.1, 0.15) is 18.9 Å². The number of para-hydroxylation sites is 1. The van der Waals surface area contributed by atoms with Crippen molar-refractivity contribution >= 4 is 11.8 Å². The Morgan fingerprint density at radius 1 is 1.23 bits per heavy atom. The van der Waals surface area contributed by atoms with Gasteiger partial charge in [-0.2, -0.15) is 5.10 Å². The predicted molar refractivity (Wildman–Crippen MR) is 99.8 cm³/mol. The van der Waals surface area contributed by atoms with Crippen LogP contribution in [0.15, 0.2) is 55.4 Å². The summed E-state index contributed by atoms with van der Waals surface area (Å²) in [6.07, 6.45) is 5.91. The largest absolute Gasteiger partial charge is 0.339 e. The monoisotopic (exact) mass is 352 g/mol. The van der Waals surface area contributed by atoms with Crippen LogP contribution < -0.4 is 0 Å². The van der Waals surface area contributed by atoms with Crippen LogP contribution in [0.3, 0.4) is 0 Å². The Bertz CT molecular complexity index is 784. The summed E-state index contributed by atoms with van der Waals surface area (Å²) in [4.78, 5) is 28.4. The lowest BCUT2D eigenvalue weighted by Crippen LogP contribution is -2.55. The number of hydrogen-bond donors (Lipinski definition) is 0. The number of aromatic nitrogens is 2. The molecule has 1 aromatic heterocycles. The molecule has 2 aromatic rings. The summed E-state index contributed by atoms with van der Waals surface area (Å²) in [5.41, 5.74) is 1.85. The molecule has 1 fully saturated rings. The molecule has 1 saturated heterocycles. The number of carbonyl (C=O) groups is 2. The van der Waals surface area contributed by atoms with E-state index in [-0.39, 0.29) is 17.9 Å². The lowest BCUT2D eigenvalue weighted by Gasteiger charge is -2.40. The molecule has 0 aliphatic carbocycles. The number of hydrogen-bond acceptors (Lipinski definition) is 3. The van der Waals surface area contributed by atoms with Crippen LogP contribution in [-0.2, 0) is 16.0 Å². The van der Waals surface area contributed by atoms with Crippen LogP contribution >= 0.6 is 0 Å². The zero-order valence-electron chi connectivity index (χ0n) is 15.0. The molecule has 3 rings (SSSR count). The molecule has 26 heavy (non-hydrogen) atoms. The SMILES string of the molecule is C=CCC(=O)N1CCN(C(=O)Cc2cnn(-c3ccccc3)c2)[C@@H](C)C1.